The summed E-state index contributed by atoms with van der Waals surface area (Å²) >= 11 is 0. The van der Waals surface area contributed by atoms with Gasteiger partial charge in [-0.3, -0.25) is 0 Å². The maximum atomic E-state index is 5.84. The molecule has 0 saturated heterocycles. The number of nitrogens with two attached hydrogens (primary N) is 1. The molecule has 0 aromatic heterocycles. The summed E-state index contributed by atoms with van der Waals surface area (Å²) in [6.45, 7) is 4.44. The van der Waals surface area contributed by atoms with Gasteiger partial charge < -0.3 is 20.1 Å². The van der Waals surface area contributed by atoms with Crippen molar-refractivity contribution in [2.45, 2.75) is 13.0 Å². The summed E-state index contributed by atoms with van der Waals surface area (Å²) in [5, 5.41) is 0. The van der Waals surface area contributed by atoms with Crippen LogP contribution in [0.1, 0.15) is 6.92 Å². The molecule has 17 heavy (non-hydrogen) atoms. The molecule has 0 amide bonds. The number of benzene rings is 1. The van der Waals surface area contributed by atoms with Crippen molar-refractivity contribution >= 4 is 18.1 Å². The zero-order chi connectivity index (χ0) is 11.5. The molecular formula is C12H19ClN2O2. The molecular weight excluding hydrogens is 240 g/mol. The maximum absolute atomic E-state index is 5.84. The largest absolute Gasteiger partial charge is 0.497 e. The van der Waals surface area contributed by atoms with Crippen molar-refractivity contribution in [3.63, 3.8) is 0 Å². The average Bonchev–Trinajstić information content (AvgIpc) is 2.28. The Hall–Kier alpha value is -1.13. The molecule has 0 bridgehead atoms. The van der Waals surface area contributed by atoms with Crippen LogP contribution < -0.4 is 20.1 Å². The minimum absolute atomic E-state index is 0. The molecule has 0 radical (unpaired) electrons. The topological polar surface area (TPSA) is 47.7 Å². The lowest BCUT2D eigenvalue weighted by atomic mass is 10.2. The highest BCUT2D eigenvalue weighted by molar-refractivity contribution is 5.85. The SMILES string of the molecule is COc1ccc2c(c1)N(CC(C)N)CCO2.Cl. The number of hydrogen-bond acceptors (Lipinski definition) is 4. The van der Waals surface area contributed by atoms with Gasteiger partial charge in [-0.05, 0) is 19.1 Å². The number of methoxy groups -OCH3 is 1. The number of anilines is 1. The first-order chi connectivity index (χ1) is 7.70. The van der Waals surface area contributed by atoms with Crippen LogP contribution in [0.4, 0.5) is 5.69 Å². The van der Waals surface area contributed by atoms with E-state index in [1.54, 1.807) is 7.11 Å². The molecule has 1 aromatic rings. The number of nitrogens with zero attached hydrogens (tertiary/aromatic N) is 1. The van der Waals surface area contributed by atoms with E-state index in [1.807, 2.05) is 25.1 Å². The predicted octanol–water partition coefficient (Wildman–Crippen LogP) is 1.66. The number of fused-ring (bicyclic) bond motifs is 1. The fourth-order valence-corrected chi connectivity index (χ4v) is 1.92. The molecule has 1 unspecified atom stereocenters. The minimum atomic E-state index is 0. The van der Waals surface area contributed by atoms with Crippen molar-refractivity contribution in [3.8, 4) is 11.5 Å². The van der Waals surface area contributed by atoms with Crippen molar-refractivity contribution in [3.05, 3.63) is 18.2 Å². The smallest absolute Gasteiger partial charge is 0.142 e. The van der Waals surface area contributed by atoms with E-state index in [-0.39, 0.29) is 18.4 Å². The van der Waals surface area contributed by atoms with Crippen molar-refractivity contribution in [1.29, 1.82) is 0 Å². The van der Waals surface area contributed by atoms with E-state index in [0.29, 0.717) is 6.61 Å². The molecule has 0 spiro atoms. The molecule has 1 aliphatic rings. The second kappa shape index (κ2) is 5.98. The third kappa shape index (κ3) is 3.17. The number of halogens is 1. The van der Waals surface area contributed by atoms with Gasteiger partial charge in [0.2, 0.25) is 0 Å². The lowest BCUT2D eigenvalue weighted by Gasteiger charge is -2.32. The Morgan fingerprint density at radius 3 is 2.94 bits per heavy atom. The molecule has 0 saturated carbocycles. The van der Waals surface area contributed by atoms with Crippen LogP contribution in [-0.4, -0.2) is 32.8 Å². The fraction of sp³-hybridized carbons (Fsp3) is 0.500. The molecule has 1 heterocycles. The summed E-state index contributed by atoms with van der Waals surface area (Å²) in [6.07, 6.45) is 0. The van der Waals surface area contributed by atoms with Crippen molar-refractivity contribution in [2.24, 2.45) is 5.73 Å². The zero-order valence-corrected chi connectivity index (χ0v) is 11.0. The molecule has 1 aliphatic heterocycles. The van der Waals surface area contributed by atoms with Gasteiger partial charge in [0.15, 0.2) is 0 Å². The highest BCUT2D eigenvalue weighted by Gasteiger charge is 2.19. The Morgan fingerprint density at radius 1 is 1.53 bits per heavy atom. The first kappa shape index (κ1) is 13.9. The zero-order valence-electron chi connectivity index (χ0n) is 10.2. The second-order valence-electron chi connectivity index (χ2n) is 4.11. The molecule has 0 aliphatic carbocycles. The van der Waals surface area contributed by atoms with Gasteiger partial charge >= 0.3 is 0 Å². The fourth-order valence-electron chi connectivity index (χ4n) is 1.92. The van der Waals surface area contributed by atoms with E-state index < -0.39 is 0 Å². The molecule has 1 atom stereocenters. The van der Waals surface area contributed by atoms with Gasteiger partial charge in [-0.25, -0.2) is 0 Å². The highest BCUT2D eigenvalue weighted by Crippen LogP contribution is 2.34. The summed E-state index contributed by atoms with van der Waals surface area (Å²) < 4.78 is 10.8. The van der Waals surface area contributed by atoms with E-state index in [1.165, 1.54) is 0 Å². The number of ether oxygens (including phenoxy) is 2. The van der Waals surface area contributed by atoms with Gasteiger partial charge in [0.25, 0.3) is 0 Å². The Kier molecular flexibility index (Phi) is 4.90. The second-order valence-corrected chi connectivity index (χ2v) is 4.11. The maximum Gasteiger partial charge on any atom is 0.142 e. The summed E-state index contributed by atoms with van der Waals surface area (Å²) in [5.74, 6) is 1.76. The summed E-state index contributed by atoms with van der Waals surface area (Å²) in [7, 11) is 1.67. The lowest BCUT2D eigenvalue weighted by Crippen LogP contribution is -2.40. The number of rotatable bonds is 3. The molecule has 0 fully saturated rings. The van der Waals surface area contributed by atoms with E-state index in [2.05, 4.69) is 4.90 Å². The summed E-state index contributed by atoms with van der Waals surface area (Å²) in [5.41, 5.74) is 6.91. The summed E-state index contributed by atoms with van der Waals surface area (Å²) in [4.78, 5) is 2.24. The van der Waals surface area contributed by atoms with Crippen LogP contribution >= 0.6 is 12.4 Å². The Bertz CT molecular complexity index is 372. The van der Waals surface area contributed by atoms with Crippen LogP contribution in [0, 0.1) is 0 Å². The molecule has 1 aromatic carbocycles. The van der Waals surface area contributed by atoms with E-state index in [4.69, 9.17) is 15.2 Å². The molecule has 2 N–H and O–H groups in total. The van der Waals surface area contributed by atoms with Crippen LogP contribution in [0.5, 0.6) is 11.5 Å². The van der Waals surface area contributed by atoms with Gasteiger partial charge in [0, 0.05) is 18.7 Å². The third-order valence-electron chi connectivity index (χ3n) is 2.63. The Morgan fingerprint density at radius 2 is 2.29 bits per heavy atom. The van der Waals surface area contributed by atoms with Gasteiger partial charge in [0.1, 0.15) is 18.1 Å². The van der Waals surface area contributed by atoms with Crippen molar-refractivity contribution < 1.29 is 9.47 Å². The van der Waals surface area contributed by atoms with Crippen LogP contribution in [0.2, 0.25) is 0 Å². The van der Waals surface area contributed by atoms with Crippen LogP contribution in [0.3, 0.4) is 0 Å². The first-order valence-electron chi connectivity index (χ1n) is 5.52. The highest BCUT2D eigenvalue weighted by atomic mass is 35.5. The van der Waals surface area contributed by atoms with Crippen LogP contribution in [-0.2, 0) is 0 Å². The molecule has 5 heteroatoms. The van der Waals surface area contributed by atoms with Gasteiger partial charge in [-0.15, -0.1) is 12.4 Å². The van der Waals surface area contributed by atoms with Crippen LogP contribution in [0.15, 0.2) is 18.2 Å². The van der Waals surface area contributed by atoms with E-state index in [9.17, 15) is 0 Å². The Labute approximate surface area is 108 Å². The Balaban J connectivity index is 0.00000144. The van der Waals surface area contributed by atoms with Gasteiger partial charge in [0.05, 0.1) is 19.3 Å². The molecule has 4 nitrogen and oxygen atoms in total. The summed E-state index contributed by atoms with van der Waals surface area (Å²) in [6, 6.07) is 6.00. The first-order valence-corrected chi connectivity index (χ1v) is 5.52. The third-order valence-corrected chi connectivity index (χ3v) is 2.63. The van der Waals surface area contributed by atoms with Gasteiger partial charge in [-0.1, -0.05) is 0 Å². The predicted molar refractivity (Wildman–Crippen MR) is 71.6 cm³/mol. The van der Waals surface area contributed by atoms with E-state index in [0.717, 1.165) is 30.3 Å². The minimum Gasteiger partial charge on any atom is -0.497 e. The molecule has 2 rings (SSSR count). The normalized spacial score (nSPS) is 15.4. The van der Waals surface area contributed by atoms with Crippen LogP contribution in [0.25, 0.3) is 0 Å². The lowest BCUT2D eigenvalue weighted by molar-refractivity contribution is 0.305. The number of hydrogen-bond donors (Lipinski definition) is 1. The monoisotopic (exact) mass is 258 g/mol. The van der Waals surface area contributed by atoms with Crippen molar-refractivity contribution in [2.75, 3.05) is 31.7 Å². The average molecular weight is 259 g/mol. The molecule has 96 valence electrons. The van der Waals surface area contributed by atoms with Gasteiger partial charge in [-0.2, -0.15) is 0 Å². The quantitative estimate of drug-likeness (QED) is 0.896. The standard InChI is InChI=1S/C12H18N2O2.ClH/c1-9(13)8-14-5-6-16-12-4-3-10(15-2)7-11(12)14;/h3-4,7,9H,5-6,8,13H2,1-2H3;1H. The van der Waals surface area contributed by atoms with Crippen molar-refractivity contribution in [1.82, 2.24) is 0 Å². The van der Waals surface area contributed by atoms with E-state index >= 15 is 0 Å².